The molecule has 4 aromatic carbocycles. The molecule has 0 spiro atoms. The van der Waals surface area contributed by atoms with E-state index in [0.717, 1.165) is 55.6 Å². The molecule has 0 amide bonds. The lowest BCUT2D eigenvalue weighted by atomic mass is 9.86. The Morgan fingerprint density at radius 2 is 1.34 bits per heavy atom. The highest BCUT2D eigenvalue weighted by Gasteiger charge is 2.37. The standard InChI is InChI=1S/C28H16N4/c29-15-31-27-21-13-7-5-11-19(21)25-23(27)14-22-18-10-4-6-12-20(18)28(32-16-30)26(22)24(25)17-8-2-1-3-9-17/h1-14,27,31H. The molecule has 4 aromatic rings. The van der Waals surface area contributed by atoms with Gasteiger partial charge in [0, 0.05) is 11.1 Å². The molecule has 0 saturated carbocycles. The van der Waals surface area contributed by atoms with E-state index in [-0.39, 0.29) is 6.04 Å². The number of hydrogen-bond acceptors (Lipinski definition) is 4. The second-order valence-electron chi connectivity index (χ2n) is 7.89. The van der Waals surface area contributed by atoms with Crippen molar-refractivity contribution in [1.82, 2.24) is 5.32 Å². The first-order chi connectivity index (χ1) is 15.8. The van der Waals surface area contributed by atoms with Crippen LogP contribution in [-0.2, 0) is 0 Å². The topological polar surface area (TPSA) is 72.0 Å². The number of hydrogen-bond donors (Lipinski definition) is 1. The molecule has 0 aromatic heterocycles. The minimum atomic E-state index is -0.219. The van der Waals surface area contributed by atoms with Gasteiger partial charge >= 0.3 is 0 Å². The third-order valence-corrected chi connectivity index (χ3v) is 6.35. The van der Waals surface area contributed by atoms with Gasteiger partial charge in [0.1, 0.15) is 0 Å². The molecule has 0 radical (unpaired) electrons. The van der Waals surface area contributed by atoms with Crippen molar-refractivity contribution in [2.75, 3.05) is 0 Å². The quantitative estimate of drug-likeness (QED) is 0.297. The van der Waals surface area contributed by atoms with Crippen LogP contribution in [0.3, 0.4) is 0 Å². The van der Waals surface area contributed by atoms with Crippen molar-refractivity contribution in [3.8, 4) is 45.8 Å². The van der Waals surface area contributed by atoms with Gasteiger partial charge in [-0.05, 0) is 50.6 Å². The number of nitrogens with zero attached hydrogens (tertiary/aromatic N) is 3. The summed E-state index contributed by atoms with van der Waals surface area (Å²) < 4.78 is 0. The van der Waals surface area contributed by atoms with Crippen molar-refractivity contribution in [2.45, 2.75) is 6.04 Å². The van der Waals surface area contributed by atoms with Gasteiger partial charge in [-0.1, -0.05) is 78.9 Å². The van der Waals surface area contributed by atoms with Crippen LogP contribution in [0.2, 0.25) is 0 Å². The van der Waals surface area contributed by atoms with Crippen molar-refractivity contribution in [1.29, 1.82) is 10.5 Å². The van der Waals surface area contributed by atoms with E-state index >= 15 is 0 Å². The Morgan fingerprint density at radius 3 is 2.09 bits per heavy atom. The molecule has 6 rings (SSSR count). The highest BCUT2D eigenvalue weighted by atomic mass is 14.9. The summed E-state index contributed by atoms with van der Waals surface area (Å²) in [5.74, 6) is 0. The molecule has 0 aliphatic heterocycles. The summed E-state index contributed by atoms with van der Waals surface area (Å²) in [6.07, 6.45) is 4.17. The van der Waals surface area contributed by atoms with E-state index in [1.54, 1.807) is 0 Å². The first-order valence-corrected chi connectivity index (χ1v) is 10.4. The van der Waals surface area contributed by atoms with E-state index < -0.39 is 0 Å². The third-order valence-electron chi connectivity index (χ3n) is 6.35. The predicted molar refractivity (Wildman–Crippen MR) is 125 cm³/mol. The first-order valence-electron chi connectivity index (χ1n) is 10.4. The Labute approximate surface area is 185 Å². The monoisotopic (exact) mass is 408 g/mol. The third kappa shape index (κ3) is 2.38. The molecule has 0 saturated heterocycles. The smallest absolute Gasteiger partial charge is 0.206 e. The Bertz CT molecular complexity index is 1520. The molecule has 148 valence electrons. The summed E-state index contributed by atoms with van der Waals surface area (Å²) in [6.45, 7) is 0. The average Bonchev–Trinajstić information content (AvgIpc) is 3.32. The van der Waals surface area contributed by atoms with Gasteiger partial charge in [0.25, 0.3) is 0 Å². The number of benzene rings is 4. The summed E-state index contributed by atoms with van der Waals surface area (Å²) in [5.41, 5.74) is 11.2. The minimum absolute atomic E-state index is 0.219. The minimum Gasteiger partial charge on any atom is -0.312 e. The van der Waals surface area contributed by atoms with Crippen molar-refractivity contribution in [2.24, 2.45) is 4.99 Å². The second-order valence-corrected chi connectivity index (χ2v) is 7.89. The summed E-state index contributed by atoms with van der Waals surface area (Å²) in [6, 6.07) is 28.5. The Hall–Kier alpha value is -4.67. The van der Waals surface area contributed by atoms with Crippen molar-refractivity contribution in [3.63, 3.8) is 0 Å². The van der Waals surface area contributed by atoms with E-state index in [1.807, 2.05) is 54.7 Å². The van der Waals surface area contributed by atoms with Gasteiger partial charge in [0.15, 0.2) is 6.19 Å². The lowest BCUT2D eigenvalue weighted by Crippen LogP contribution is -2.14. The van der Waals surface area contributed by atoms with Crippen LogP contribution >= 0.6 is 0 Å². The summed E-state index contributed by atoms with van der Waals surface area (Å²) >= 11 is 0. The molecule has 1 N–H and O–H groups in total. The normalized spacial score (nSPS) is 15.8. The molecule has 2 aliphatic rings. The van der Waals surface area contributed by atoms with Gasteiger partial charge in [-0.2, -0.15) is 15.5 Å². The molecule has 2 aliphatic carbocycles. The van der Waals surface area contributed by atoms with Crippen LogP contribution in [0.15, 0.2) is 89.9 Å². The molecule has 4 nitrogen and oxygen atoms in total. The fourth-order valence-electron chi connectivity index (χ4n) is 5.16. The molecule has 4 heteroatoms. The lowest BCUT2D eigenvalue weighted by Gasteiger charge is -2.18. The average molecular weight is 408 g/mol. The molecule has 32 heavy (non-hydrogen) atoms. The van der Waals surface area contributed by atoms with Crippen molar-refractivity contribution < 1.29 is 0 Å². The summed E-state index contributed by atoms with van der Waals surface area (Å²) in [4.78, 5) is 4.28. The maximum atomic E-state index is 9.52. The molecular weight excluding hydrogens is 392 g/mol. The maximum absolute atomic E-state index is 9.52. The zero-order chi connectivity index (χ0) is 21.7. The van der Waals surface area contributed by atoms with E-state index in [4.69, 9.17) is 0 Å². The maximum Gasteiger partial charge on any atom is 0.206 e. The van der Waals surface area contributed by atoms with Crippen molar-refractivity contribution >= 4 is 5.71 Å². The van der Waals surface area contributed by atoms with Crippen LogP contribution in [0.1, 0.15) is 28.3 Å². The molecule has 1 unspecified atom stereocenters. The summed E-state index contributed by atoms with van der Waals surface area (Å²) in [7, 11) is 0. The zero-order valence-electron chi connectivity index (χ0n) is 17.0. The SMILES string of the molecule is N#CN=C1c2ccccc2-c2cc3c(c(-c4ccccc4)c21)-c1ccccc1C3NC#N. The highest BCUT2D eigenvalue weighted by molar-refractivity contribution is 6.29. The fourth-order valence-corrected chi connectivity index (χ4v) is 5.16. The fraction of sp³-hybridized carbons (Fsp3) is 0.0357. The van der Waals surface area contributed by atoms with Crippen LogP contribution in [0.5, 0.6) is 0 Å². The number of nitrogens with one attached hydrogen (secondary N) is 1. The number of aliphatic imine (C=N–C) groups is 1. The largest absolute Gasteiger partial charge is 0.312 e. The van der Waals surface area contributed by atoms with E-state index in [2.05, 4.69) is 52.9 Å². The van der Waals surface area contributed by atoms with Crippen LogP contribution in [0.25, 0.3) is 33.4 Å². The Morgan fingerprint density at radius 1 is 0.656 bits per heavy atom. The first kappa shape index (κ1) is 18.1. The Kier molecular flexibility index (Phi) is 3.93. The second kappa shape index (κ2) is 6.94. The number of fused-ring (bicyclic) bond motifs is 6. The lowest BCUT2D eigenvalue weighted by molar-refractivity contribution is 0.760. The van der Waals surface area contributed by atoms with Crippen LogP contribution < -0.4 is 5.32 Å². The van der Waals surface area contributed by atoms with E-state index in [9.17, 15) is 10.5 Å². The van der Waals surface area contributed by atoms with Gasteiger partial charge in [-0.15, -0.1) is 0 Å². The molecule has 0 heterocycles. The van der Waals surface area contributed by atoms with Crippen molar-refractivity contribution in [3.05, 3.63) is 107 Å². The van der Waals surface area contributed by atoms with Gasteiger partial charge in [0.05, 0.1) is 11.8 Å². The molecule has 1 atom stereocenters. The van der Waals surface area contributed by atoms with Gasteiger partial charge in [-0.25, -0.2) is 0 Å². The molecule has 0 bridgehead atoms. The van der Waals surface area contributed by atoms with E-state index in [0.29, 0.717) is 5.71 Å². The van der Waals surface area contributed by atoms with Crippen LogP contribution in [0.4, 0.5) is 0 Å². The Balaban J connectivity index is 1.80. The number of nitriles is 2. The molecule has 0 fully saturated rings. The molecular formula is C28H16N4. The van der Waals surface area contributed by atoms with Gasteiger partial charge in [0.2, 0.25) is 6.19 Å². The summed E-state index contributed by atoms with van der Waals surface area (Å²) in [5, 5.41) is 22.0. The number of rotatable bonds is 2. The zero-order valence-corrected chi connectivity index (χ0v) is 17.0. The highest BCUT2D eigenvalue weighted by Crippen LogP contribution is 2.54. The van der Waals surface area contributed by atoms with Gasteiger partial charge in [-0.3, -0.25) is 0 Å². The predicted octanol–water partition coefficient (Wildman–Crippen LogP) is 5.79. The van der Waals surface area contributed by atoms with Crippen LogP contribution in [0, 0.1) is 22.9 Å². The van der Waals surface area contributed by atoms with E-state index in [1.165, 1.54) is 0 Å². The van der Waals surface area contributed by atoms with Gasteiger partial charge < -0.3 is 5.32 Å². The van der Waals surface area contributed by atoms with Crippen LogP contribution in [-0.4, -0.2) is 5.71 Å².